The van der Waals surface area contributed by atoms with Gasteiger partial charge in [0.15, 0.2) is 0 Å². The summed E-state index contributed by atoms with van der Waals surface area (Å²) in [6.45, 7) is 2.07. The highest BCUT2D eigenvalue weighted by molar-refractivity contribution is 9.10. The van der Waals surface area contributed by atoms with E-state index in [1.165, 1.54) is 0 Å². The third-order valence-corrected chi connectivity index (χ3v) is 3.94. The predicted molar refractivity (Wildman–Crippen MR) is 68.6 cm³/mol. The summed E-state index contributed by atoms with van der Waals surface area (Å²) in [6.07, 6.45) is 2.30. The summed E-state index contributed by atoms with van der Waals surface area (Å²) in [5, 5.41) is 3.75. The second-order valence-electron chi connectivity index (χ2n) is 4.52. The van der Waals surface area contributed by atoms with Crippen LogP contribution in [0.4, 0.5) is 0 Å². The standard InChI is InChI=1S/C12H13BrClNO/c1-12(5-4-11(16)15-12)7-8-6-9(14)2-3-10(8)13/h2-3,6H,4-5,7H2,1H3,(H,15,16). The average Bonchev–Trinajstić information content (AvgIpc) is 2.52. The molecule has 1 N–H and O–H groups in total. The van der Waals surface area contributed by atoms with Gasteiger partial charge in [-0.2, -0.15) is 0 Å². The van der Waals surface area contributed by atoms with Gasteiger partial charge >= 0.3 is 0 Å². The molecule has 1 heterocycles. The van der Waals surface area contributed by atoms with Gasteiger partial charge in [0, 0.05) is 21.5 Å². The number of halogens is 2. The first-order valence-electron chi connectivity index (χ1n) is 5.23. The van der Waals surface area contributed by atoms with Crippen LogP contribution in [0.5, 0.6) is 0 Å². The molecule has 2 nitrogen and oxygen atoms in total. The van der Waals surface area contributed by atoms with Crippen molar-refractivity contribution in [2.75, 3.05) is 0 Å². The second kappa shape index (κ2) is 4.38. The number of hydrogen-bond donors (Lipinski definition) is 1. The SMILES string of the molecule is CC1(Cc2cc(Cl)ccc2Br)CCC(=O)N1. The van der Waals surface area contributed by atoms with E-state index in [2.05, 4.69) is 28.2 Å². The predicted octanol–water partition coefficient (Wildman–Crippen LogP) is 3.31. The highest BCUT2D eigenvalue weighted by Crippen LogP contribution is 2.29. The van der Waals surface area contributed by atoms with Crippen LogP contribution >= 0.6 is 27.5 Å². The van der Waals surface area contributed by atoms with Crippen molar-refractivity contribution in [3.8, 4) is 0 Å². The van der Waals surface area contributed by atoms with Gasteiger partial charge in [0.05, 0.1) is 0 Å². The zero-order valence-electron chi connectivity index (χ0n) is 9.02. The number of benzene rings is 1. The Bertz CT molecular complexity index is 435. The van der Waals surface area contributed by atoms with E-state index in [-0.39, 0.29) is 11.4 Å². The summed E-state index contributed by atoms with van der Waals surface area (Å²) in [5.74, 6) is 0.139. The lowest BCUT2D eigenvalue weighted by Gasteiger charge is -2.24. The van der Waals surface area contributed by atoms with Crippen molar-refractivity contribution in [1.82, 2.24) is 5.32 Å². The molecule has 0 spiro atoms. The topological polar surface area (TPSA) is 29.1 Å². The first-order chi connectivity index (χ1) is 7.48. The summed E-state index contributed by atoms with van der Waals surface area (Å²) >= 11 is 9.47. The summed E-state index contributed by atoms with van der Waals surface area (Å²) in [4.78, 5) is 11.3. The molecular weight excluding hydrogens is 289 g/mol. The van der Waals surface area contributed by atoms with Gasteiger partial charge in [0.25, 0.3) is 0 Å². The number of hydrogen-bond acceptors (Lipinski definition) is 1. The van der Waals surface area contributed by atoms with E-state index >= 15 is 0 Å². The van der Waals surface area contributed by atoms with Crippen LogP contribution in [0.1, 0.15) is 25.3 Å². The molecule has 86 valence electrons. The Morgan fingerprint density at radius 1 is 1.56 bits per heavy atom. The molecule has 16 heavy (non-hydrogen) atoms. The van der Waals surface area contributed by atoms with Crippen molar-refractivity contribution in [2.45, 2.75) is 31.7 Å². The molecule has 4 heteroatoms. The molecule has 1 atom stereocenters. The molecule has 1 aliphatic rings. The highest BCUT2D eigenvalue weighted by Gasteiger charge is 2.33. The summed E-state index contributed by atoms with van der Waals surface area (Å²) in [5.41, 5.74) is 1.00. The van der Waals surface area contributed by atoms with Crippen LogP contribution in [0.3, 0.4) is 0 Å². The summed E-state index contributed by atoms with van der Waals surface area (Å²) < 4.78 is 1.04. The quantitative estimate of drug-likeness (QED) is 0.892. The zero-order valence-corrected chi connectivity index (χ0v) is 11.4. The van der Waals surface area contributed by atoms with Crippen molar-refractivity contribution in [3.63, 3.8) is 0 Å². The van der Waals surface area contributed by atoms with Gasteiger partial charge in [0.1, 0.15) is 0 Å². The minimum atomic E-state index is -0.135. The third-order valence-electron chi connectivity index (χ3n) is 2.93. The molecule has 0 aromatic heterocycles. The maximum atomic E-state index is 11.3. The molecule has 1 fully saturated rings. The Morgan fingerprint density at radius 2 is 2.31 bits per heavy atom. The Hall–Kier alpha value is -0.540. The normalized spacial score (nSPS) is 24.6. The lowest BCUT2D eigenvalue weighted by Crippen LogP contribution is -2.40. The van der Waals surface area contributed by atoms with Crippen LogP contribution in [0.15, 0.2) is 22.7 Å². The van der Waals surface area contributed by atoms with Crippen LogP contribution < -0.4 is 5.32 Å². The van der Waals surface area contributed by atoms with Gasteiger partial charge in [-0.05, 0) is 43.5 Å². The van der Waals surface area contributed by atoms with Crippen LogP contribution in [0.2, 0.25) is 5.02 Å². The van der Waals surface area contributed by atoms with E-state index in [1.54, 1.807) is 0 Å². The minimum absolute atomic E-state index is 0.135. The van der Waals surface area contributed by atoms with E-state index in [0.29, 0.717) is 6.42 Å². The monoisotopic (exact) mass is 301 g/mol. The summed E-state index contributed by atoms with van der Waals surface area (Å²) in [6, 6.07) is 5.74. The fourth-order valence-electron chi connectivity index (χ4n) is 2.08. The van der Waals surface area contributed by atoms with E-state index in [9.17, 15) is 4.79 Å². The van der Waals surface area contributed by atoms with Crippen LogP contribution in [-0.4, -0.2) is 11.4 Å². The Kier molecular flexibility index (Phi) is 3.27. The van der Waals surface area contributed by atoms with Crippen molar-refractivity contribution >= 4 is 33.4 Å². The third kappa shape index (κ3) is 2.58. The van der Waals surface area contributed by atoms with E-state index in [1.807, 2.05) is 18.2 Å². The fraction of sp³-hybridized carbons (Fsp3) is 0.417. The average molecular weight is 303 g/mol. The lowest BCUT2D eigenvalue weighted by atomic mass is 9.91. The molecule has 0 aliphatic carbocycles. The van der Waals surface area contributed by atoms with Gasteiger partial charge in [-0.15, -0.1) is 0 Å². The molecule has 1 amide bonds. The summed E-state index contributed by atoms with van der Waals surface area (Å²) in [7, 11) is 0. The van der Waals surface area contributed by atoms with Crippen molar-refractivity contribution in [1.29, 1.82) is 0 Å². The number of carbonyl (C=O) groups excluding carboxylic acids is 1. The second-order valence-corrected chi connectivity index (χ2v) is 5.81. The van der Waals surface area contributed by atoms with E-state index in [0.717, 1.165) is 27.9 Å². The molecular formula is C12H13BrClNO. The molecule has 2 rings (SSSR count). The minimum Gasteiger partial charge on any atom is -0.351 e. The Morgan fingerprint density at radius 3 is 2.94 bits per heavy atom. The first kappa shape index (κ1) is 11.9. The highest BCUT2D eigenvalue weighted by atomic mass is 79.9. The van der Waals surface area contributed by atoms with Crippen molar-refractivity contribution in [2.24, 2.45) is 0 Å². The molecule has 0 radical (unpaired) electrons. The Labute approximate surface area is 108 Å². The van der Waals surface area contributed by atoms with E-state index < -0.39 is 0 Å². The fourth-order valence-corrected chi connectivity index (χ4v) is 2.66. The van der Waals surface area contributed by atoms with Gasteiger partial charge in [-0.1, -0.05) is 27.5 Å². The van der Waals surface area contributed by atoms with Crippen LogP contribution in [0.25, 0.3) is 0 Å². The van der Waals surface area contributed by atoms with Gasteiger partial charge in [0.2, 0.25) is 5.91 Å². The Balaban J connectivity index is 2.20. The number of carbonyl (C=O) groups is 1. The number of nitrogens with one attached hydrogen (secondary N) is 1. The van der Waals surface area contributed by atoms with Gasteiger partial charge < -0.3 is 5.32 Å². The molecule has 1 aromatic carbocycles. The molecule has 1 aromatic rings. The van der Waals surface area contributed by atoms with Gasteiger partial charge in [-0.25, -0.2) is 0 Å². The zero-order chi connectivity index (χ0) is 11.8. The largest absolute Gasteiger partial charge is 0.351 e. The molecule has 1 saturated heterocycles. The molecule has 0 bridgehead atoms. The lowest BCUT2D eigenvalue weighted by molar-refractivity contribution is -0.119. The molecule has 1 aliphatic heterocycles. The smallest absolute Gasteiger partial charge is 0.220 e. The molecule has 0 saturated carbocycles. The van der Waals surface area contributed by atoms with Crippen LogP contribution in [-0.2, 0) is 11.2 Å². The van der Waals surface area contributed by atoms with Gasteiger partial charge in [-0.3, -0.25) is 4.79 Å². The maximum absolute atomic E-state index is 11.3. The number of amides is 1. The van der Waals surface area contributed by atoms with Crippen molar-refractivity contribution in [3.05, 3.63) is 33.3 Å². The number of rotatable bonds is 2. The van der Waals surface area contributed by atoms with Crippen molar-refractivity contribution < 1.29 is 4.79 Å². The maximum Gasteiger partial charge on any atom is 0.220 e. The molecule has 1 unspecified atom stereocenters. The van der Waals surface area contributed by atoms with Crippen LogP contribution in [0, 0.1) is 0 Å². The first-order valence-corrected chi connectivity index (χ1v) is 6.41. The van der Waals surface area contributed by atoms with E-state index in [4.69, 9.17) is 11.6 Å².